The fourth-order valence-corrected chi connectivity index (χ4v) is 2.19. The van der Waals surface area contributed by atoms with Crippen LogP contribution in [0.25, 0.3) is 0 Å². The summed E-state index contributed by atoms with van der Waals surface area (Å²) >= 11 is 0. The Balaban J connectivity index is 2.74. The summed E-state index contributed by atoms with van der Waals surface area (Å²) in [4.78, 5) is 2.48. The van der Waals surface area contributed by atoms with Gasteiger partial charge in [-0.25, -0.2) is 0 Å². The van der Waals surface area contributed by atoms with Crippen LogP contribution in [0.2, 0.25) is 0 Å². The Labute approximate surface area is 117 Å². The van der Waals surface area contributed by atoms with Crippen LogP contribution in [0.5, 0.6) is 5.75 Å². The van der Waals surface area contributed by atoms with Gasteiger partial charge in [0.25, 0.3) is 0 Å². The van der Waals surface area contributed by atoms with Gasteiger partial charge in [-0.2, -0.15) is 0 Å². The minimum atomic E-state index is 0.522. The van der Waals surface area contributed by atoms with E-state index < -0.39 is 0 Å². The molecule has 3 nitrogen and oxygen atoms in total. The quantitative estimate of drug-likeness (QED) is 0.784. The average Bonchev–Trinajstić information content (AvgIpc) is 2.45. The van der Waals surface area contributed by atoms with Crippen molar-refractivity contribution in [3.05, 3.63) is 29.3 Å². The third kappa shape index (κ3) is 4.84. The Hall–Kier alpha value is -1.06. The highest BCUT2D eigenvalue weighted by molar-refractivity contribution is 5.37. The van der Waals surface area contributed by atoms with E-state index in [1.54, 1.807) is 7.11 Å². The summed E-state index contributed by atoms with van der Waals surface area (Å²) in [6.07, 6.45) is 1.23. The molecular formula is C16H28N2O. The van der Waals surface area contributed by atoms with E-state index in [-0.39, 0.29) is 0 Å². The largest absolute Gasteiger partial charge is 0.496 e. The number of rotatable bonds is 8. The van der Waals surface area contributed by atoms with Gasteiger partial charge in [-0.15, -0.1) is 0 Å². The van der Waals surface area contributed by atoms with E-state index in [0.717, 1.165) is 36.9 Å². The van der Waals surface area contributed by atoms with Crippen LogP contribution in [0, 0.1) is 5.92 Å². The number of hydrogen-bond donors (Lipinski definition) is 1. The van der Waals surface area contributed by atoms with Crippen LogP contribution in [-0.2, 0) is 13.1 Å². The SMILES string of the molecule is CCC(C)CN(CC)Cc1ccc(CN)c(OC)c1. The Morgan fingerprint density at radius 2 is 2.05 bits per heavy atom. The van der Waals surface area contributed by atoms with Gasteiger partial charge >= 0.3 is 0 Å². The molecule has 0 radical (unpaired) electrons. The first-order valence-electron chi connectivity index (χ1n) is 7.22. The summed E-state index contributed by atoms with van der Waals surface area (Å²) in [7, 11) is 1.70. The third-order valence-corrected chi connectivity index (χ3v) is 3.69. The maximum absolute atomic E-state index is 5.70. The molecular weight excluding hydrogens is 236 g/mol. The average molecular weight is 264 g/mol. The van der Waals surface area contributed by atoms with Crippen LogP contribution in [-0.4, -0.2) is 25.1 Å². The van der Waals surface area contributed by atoms with E-state index in [4.69, 9.17) is 10.5 Å². The molecule has 0 aliphatic heterocycles. The van der Waals surface area contributed by atoms with E-state index in [9.17, 15) is 0 Å². The molecule has 0 heterocycles. The van der Waals surface area contributed by atoms with Crippen molar-refractivity contribution < 1.29 is 4.74 Å². The fraction of sp³-hybridized carbons (Fsp3) is 0.625. The molecule has 19 heavy (non-hydrogen) atoms. The second kappa shape index (κ2) is 8.18. The Morgan fingerprint density at radius 1 is 1.32 bits per heavy atom. The van der Waals surface area contributed by atoms with E-state index in [1.165, 1.54) is 12.0 Å². The molecule has 0 spiro atoms. The molecule has 0 saturated heterocycles. The van der Waals surface area contributed by atoms with E-state index in [2.05, 4.69) is 43.9 Å². The Bertz CT molecular complexity index is 379. The maximum atomic E-state index is 5.70. The van der Waals surface area contributed by atoms with Crippen LogP contribution >= 0.6 is 0 Å². The predicted molar refractivity (Wildman–Crippen MR) is 81.3 cm³/mol. The maximum Gasteiger partial charge on any atom is 0.123 e. The number of hydrogen-bond acceptors (Lipinski definition) is 3. The standard InChI is InChI=1S/C16H28N2O/c1-5-13(3)11-18(6-2)12-14-7-8-15(10-17)16(9-14)19-4/h7-9,13H,5-6,10-12,17H2,1-4H3. The smallest absolute Gasteiger partial charge is 0.123 e. The van der Waals surface area contributed by atoms with Crippen LogP contribution in [0.4, 0.5) is 0 Å². The second-order valence-electron chi connectivity index (χ2n) is 5.19. The van der Waals surface area contributed by atoms with Crippen molar-refractivity contribution in [2.75, 3.05) is 20.2 Å². The van der Waals surface area contributed by atoms with Crippen LogP contribution < -0.4 is 10.5 Å². The van der Waals surface area contributed by atoms with E-state index in [1.807, 2.05) is 0 Å². The van der Waals surface area contributed by atoms with Gasteiger partial charge < -0.3 is 10.5 Å². The normalized spacial score (nSPS) is 12.7. The predicted octanol–water partition coefficient (Wildman–Crippen LogP) is 3.02. The first-order chi connectivity index (χ1) is 9.14. The number of nitrogens with two attached hydrogens (primary N) is 1. The summed E-state index contributed by atoms with van der Waals surface area (Å²) in [6.45, 7) is 10.5. The highest BCUT2D eigenvalue weighted by Crippen LogP contribution is 2.21. The molecule has 0 aliphatic rings. The van der Waals surface area contributed by atoms with Crippen LogP contribution in [0.1, 0.15) is 38.3 Å². The zero-order valence-electron chi connectivity index (χ0n) is 12.8. The minimum Gasteiger partial charge on any atom is -0.496 e. The van der Waals surface area contributed by atoms with Gasteiger partial charge in [-0.1, -0.05) is 39.3 Å². The molecule has 1 aromatic carbocycles. The summed E-state index contributed by atoms with van der Waals surface area (Å²) in [5, 5.41) is 0. The monoisotopic (exact) mass is 264 g/mol. The molecule has 1 aromatic rings. The fourth-order valence-electron chi connectivity index (χ4n) is 2.19. The van der Waals surface area contributed by atoms with Gasteiger partial charge in [0.05, 0.1) is 7.11 Å². The molecule has 108 valence electrons. The Kier molecular flexibility index (Phi) is 6.89. The molecule has 3 heteroatoms. The molecule has 0 aliphatic carbocycles. The lowest BCUT2D eigenvalue weighted by Crippen LogP contribution is -2.27. The lowest BCUT2D eigenvalue weighted by atomic mass is 10.1. The Morgan fingerprint density at radius 3 is 2.58 bits per heavy atom. The van der Waals surface area contributed by atoms with E-state index in [0.29, 0.717) is 6.54 Å². The van der Waals surface area contributed by atoms with Crippen LogP contribution in [0.3, 0.4) is 0 Å². The lowest BCUT2D eigenvalue weighted by Gasteiger charge is -2.24. The van der Waals surface area contributed by atoms with Crippen molar-refractivity contribution in [2.24, 2.45) is 11.7 Å². The van der Waals surface area contributed by atoms with Crippen molar-refractivity contribution in [1.29, 1.82) is 0 Å². The first kappa shape index (κ1) is 16.0. The highest BCUT2D eigenvalue weighted by atomic mass is 16.5. The van der Waals surface area contributed by atoms with Crippen molar-refractivity contribution >= 4 is 0 Å². The zero-order chi connectivity index (χ0) is 14.3. The molecule has 0 fully saturated rings. The number of nitrogens with zero attached hydrogens (tertiary/aromatic N) is 1. The van der Waals surface area contributed by atoms with Crippen molar-refractivity contribution in [3.63, 3.8) is 0 Å². The molecule has 0 bridgehead atoms. The lowest BCUT2D eigenvalue weighted by molar-refractivity contribution is 0.238. The van der Waals surface area contributed by atoms with Crippen molar-refractivity contribution in [1.82, 2.24) is 4.90 Å². The molecule has 0 amide bonds. The topological polar surface area (TPSA) is 38.5 Å². The minimum absolute atomic E-state index is 0.522. The molecule has 0 aromatic heterocycles. The van der Waals surface area contributed by atoms with Gasteiger partial charge in [0, 0.05) is 25.2 Å². The molecule has 1 rings (SSSR count). The van der Waals surface area contributed by atoms with Gasteiger partial charge in [-0.05, 0) is 24.1 Å². The summed E-state index contributed by atoms with van der Waals surface area (Å²) in [6, 6.07) is 6.34. The molecule has 0 saturated carbocycles. The summed E-state index contributed by atoms with van der Waals surface area (Å²) < 4.78 is 5.40. The number of ether oxygens (including phenoxy) is 1. The third-order valence-electron chi connectivity index (χ3n) is 3.69. The first-order valence-corrected chi connectivity index (χ1v) is 7.22. The van der Waals surface area contributed by atoms with Gasteiger partial charge in [0.2, 0.25) is 0 Å². The summed E-state index contributed by atoms with van der Waals surface area (Å²) in [5.41, 5.74) is 8.05. The number of methoxy groups -OCH3 is 1. The van der Waals surface area contributed by atoms with Crippen LogP contribution in [0.15, 0.2) is 18.2 Å². The van der Waals surface area contributed by atoms with Gasteiger partial charge in [-0.3, -0.25) is 4.90 Å². The van der Waals surface area contributed by atoms with Crippen molar-refractivity contribution in [3.8, 4) is 5.75 Å². The van der Waals surface area contributed by atoms with E-state index >= 15 is 0 Å². The van der Waals surface area contributed by atoms with Gasteiger partial charge in [0.1, 0.15) is 5.75 Å². The van der Waals surface area contributed by atoms with Crippen molar-refractivity contribution in [2.45, 2.75) is 40.3 Å². The zero-order valence-corrected chi connectivity index (χ0v) is 12.8. The second-order valence-corrected chi connectivity index (χ2v) is 5.19. The highest BCUT2D eigenvalue weighted by Gasteiger charge is 2.09. The number of benzene rings is 1. The van der Waals surface area contributed by atoms with Gasteiger partial charge in [0.15, 0.2) is 0 Å². The molecule has 1 atom stereocenters. The molecule has 1 unspecified atom stereocenters. The summed E-state index contributed by atoms with van der Waals surface area (Å²) in [5.74, 6) is 1.64. The molecule has 2 N–H and O–H groups in total.